The van der Waals surface area contributed by atoms with E-state index in [0.29, 0.717) is 6.61 Å². The van der Waals surface area contributed by atoms with Crippen LogP contribution in [-0.2, 0) is 14.2 Å². The van der Waals surface area contributed by atoms with E-state index in [9.17, 15) is 0 Å². The topological polar surface area (TPSA) is 36.9 Å². The van der Waals surface area contributed by atoms with Crippen molar-refractivity contribution < 1.29 is 18.9 Å². The molecule has 0 aliphatic carbocycles. The number of fused-ring (bicyclic) bond motifs is 1. The molecule has 3 rings (SSSR count). The molecule has 0 amide bonds. The average Bonchev–Trinajstić information content (AvgIpc) is 2.83. The average molecular weight is 447 g/mol. The maximum Gasteiger partial charge on any atom is 0.158 e. The van der Waals surface area contributed by atoms with E-state index in [4.69, 9.17) is 18.9 Å². The zero-order valence-electron chi connectivity index (χ0n) is 20.6. The van der Waals surface area contributed by atoms with E-state index < -0.39 is 0 Å². The summed E-state index contributed by atoms with van der Waals surface area (Å²) in [6.07, 6.45) is 17.5. The molecule has 0 saturated carbocycles. The van der Waals surface area contributed by atoms with Crippen molar-refractivity contribution in [1.29, 1.82) is 0 Å². The molecule has 0 unspecified atom stereocenters. The Balaban J connectivity index is 1.33. The molecule has 2 aliphatic heterocycles. The Morgan fingerprint density at radius 2 is 1.44 bits per heavy atom. The molecule has 0 radical (unpaired) electrons. The van der Waals surface area contributed by atoms with Crippen molar-refractivity contribution in [3.63, 3.8) is 0 Å². The predicted octanol–water partition coefficient (Wildman–Crippen LogP) is 7.75. The summed E-state index contributed by atoms with van der Waals surface area (Å²) in [5, 5.41) is 0. The lowest BCUT2D eigenvalue weighted by Crippen LogP contribution is -2.48. The number of benzene rings is 1. The van der Waals surface area contributed by atoms with Gasteiger partial charge in [-0.1, -0.05) is 83.8 Å². The maximum atomic E-state index is 6.38. The van der Waals surface area contributed by atoms with Crippen molar-refractivity contribution in [2.24, 2.45) is 0 Å². The third-order valence-electron chi connectivity index (χ3n) is 6.80. The monoisotopic (exact) mass is 446 g/mol. The second-order valence-electron chi connectivity index (χ2n) is 9.57. The molecule has 2 fully saturated rings. The van der Waals surface area contributed by atoms with Gasteiger partial charge in [0, 0.05) is 0 Å². The predicted molar refractivity (Wildman–Crippen MR) is 130 cm³/mol. The van der Waals surface area contributed by atoms with Crippen LogP contribution in [0, 0.1) is 0 Å². The fourth-order valence-electron chi connectivity index (χ4n) is 4.77. The summed E-state index contributed by atoms with van der Waals surface area (Å²) in [5.74, 6) is 0.960. The molecule has 0 spiro atoms. The molecule has 2 saturated heterocycles. The molecule has 0 aromatic heterocycles. The van der Waals surface area contributed by atoms with Crippen LogP contribution < -0.4 is 4.74 Å². The highest BCUT2D eigenvalue weighted by atomic mass is 16.7. The molecule has 0 bridgehead atoms. The number of ether oxygens (including phenoxy) is 4. The van der Waals surface area contributed by atoms with Crippen LogP contribution in [0.4, 0.5) is 0 Å². The van der Waals surface area contributed by atoms with E-state index >= 15 is 0 Å². The van der Waals surface area contributed by atoms with Gasteiger partial charge in [-0.25, -0.2) is 0 Å². The number of hydrogen-bond acceptors (Lipinski definition) is 4. The van der Waals surface area contributed by atoms with Gasteiger partial charge in [-0.05, 0) is 49.8 Å². The molecule has 1 aromatic rings. The van der Waals surface area contributed by atoms with Crippen molar-refractivity contribution in [1.82, 2.24) is 0 Å². The fraction of sp³-hybridized carbons (Fsp3) is 0.786. The first-order valence-electron chi connectivity index (χ1n) is 13.5. The molecule has 4 heteroatoms. The van der Waals surface area contributed by atoms with Gasteiger partial charge in [0.05, 0.1) is 25.4 Å². The Bertz CT molecular complexity index is 602. The van der Waals surface area contributed by atoms with E-state index in [-0.39, 0.29) is 24.6 Å². The van der Waals surface area contributed by atoms with Crippen LogP contribution in [0.25, 0.3) is 0 Å². The van der Waals surface area contributed by atoms with Gasteiger partial charge in [0.1, 0.15) is 11.9 Å². The van der Waals surface area contributed by atoms with Crippen molar-refractivity contribution in [2.45, 2.75) is 128 Å². The lowest BCUT2D eigenvalue weighted by atomic mass is 9.96. The molecule has 182 valence electrons. The first-order chi connectivity index (χ1) is 15.8. The van der Waals surface area contributed by atoms with E-state index in [1.165, 1.54) is 69.8 Å². The van der Waals surface area contributed by atoms with Gasteiger partial charge < -0.3 is 18.9 Å². The SMILES string of the molecule is CCCCCCCCOc1ccc([C@H]2CC[C@@H]3O[C@H](CCCCCCC)OC[C@H]3O2)cc1. The quantitative estimate of drug-likeness (QED) is 0.258. The van der Waals surface area contributed by atoms with Crippen molar-refractivity contribution >= 4 is 0 Å². The summed E-state index contributed by atoms with van der Waals surface area (Å²) in [6.45, 7) is 5.97. The molecule has 1 aromatic carbocycles. The number of hydrogen-bond donors (Lipinski definition) is 0. The van der Waals surface area contributed by atoms with Gasteiger partial charge in [-0.15, -0.1) is 0 Å². The molecule has 2 heterocycles. The zero-order valence-corrected chi connectivity index (χ0v) is 20.6. The van der Waals surface area contributed by atoms with Gasteiger partial charge >= 0.3 is 0 Å². The second kappa shape index (κ2) is 14.9. The van der Waals surface area contributed by atoms with Crippen molar-refractivity contribution in [2.75, 3.05) is 13.2 Å². The largest absolute Gasteiger partial charge is 0.494 e. The van der Waals surface area contributed by atoms with Gasteiger partial charge in [-0.3, -0.25) is 0 Å². The van der Waals surface area contributed by atoms with E-state index in [0.717, 1.165) is 38.0 Å². The van der Waals surface area contributed by atoms with Gasteiger partial charge in [0.15, 0.2) is 6.29 Å². The lowest BCUT2D eigenvalue weighted by Gasteiger charge is -2.42. The smallest absolute Gasteiger partial charge is 0.158 e. The summed E-state index contributed by atoms with van der Waals surface area (Å²) in [5.41, 5.74) is 1.23. The van der Waals surface area contributed by atoms with Crippen LogP contribution >= 0.6 is 0 Å². The van der Waals surface area contributed by atoms with Crippen LogP contribution in [0.5, 0.6) is 5.75 Å². The fourth-order valence-corrected chi connectivity index (χ4v) is 4.77. The summed E-state index contributed by atoms with van der Waals surface area (Å²) in [6, 6.07) is 8.49. The standard InChI is InChI=1S/C28H46O4/c1-3-5-7-9-11-13-21-29-24-17-15-23(16-18-24)25-19-20-26-27(31-25)22-30-28(32-26)14-12-10-8-6-4-2/h15-18,25-28H,3-14,19-22H2,1-2H3/t25-,26+,27-,28-/m1/s1. The zero-order chi connectivity index (χ0) is 22.4. The third kappa shape index (κ3) is 8.68. The molecule has 32 heavy (non-hydrogen) atoms. The molecular formula is C28H46O4. The summed E-state index contributed by atoms with van der Waals surface area (Å²) in [7, 11) is 0. The van der Waals surface area contributed by atoms with Crippen LogP contribution in [0.15, 0.2) is 24.3 Å². The Labute approximate surface area is 196 Å². The Morgan fingerprint density at radius 3 is 2.19 bits per heavy atom. The highest BCUT2D eigenvalue weighted by Crippen LogP contribution is 2.36. The number of rotatable bonds is 15. The van der Waals surface area contributed by atoms with Crippen molar-refractivity contribution in [3.05, 3.63) is 29.8 Å². The minimum absolute atomic E-state index is 0.0406. The minimum Gasteiger partial charge on any atom is -0.494 e. The van der Waals surface area contributed by atoms with Crippen LogP contribution in [0.1, 0.15) is 115 Å². The van der Waals surface area contributed by atoms with Gasteiger partial charge in [0.2, 0.25) is 0 Å². The van der Waals surface area contributed by atoms with Crippen LogP contribution in [0.2, 0.25) is 0 Å². The highest BCUT2D eigenvalue weighted by molar-refractivity contribution is 5.29. The molecular weight excluding hydrogens is 400 g/mol. The Kier molecular flexibility index (Phi) is 11.9. The molecule has 4 nitrogen and oxygen atoms in total. The van der Waals surface area contributed by atoms with Crippen LogP contribution in [-0.4, -0.2) is 31.7 Å². The summed E-state index contributed by atoms with van der Waals surface area (Å²) in [4.78, 5) is 0. The first-order valence-corrected chi connectivity index (χ1v) is 13.5. The van der Waals surface area contributed by atoms with E-state index in [1.54, 1.807) is 0 Å². The normalized spacial score (nSPS) is 25.4. The second-order valence-corrected chi connectivity index (χ2v) is 9.57. The Morgan fingerprint density at radius 1 is 0.750 bits per heavy atom. The van der Waals surface area contributed by atoms with E-state index in [1.807, 2.05) is 0 Å². The molecule has 2 aliphatic rings. The third-order valence-corrected chi connectivity index (χ3v) is 6.80. The maximum absolute atomic E-state index is 6.38. The molecule has 0 N–H and O–H groups in total. The molecule has 4 atom stereocenters. The lowest BCUT2D eigenvalue weighted by molar-refractivity contribution is -0.286. The summed E-state index contributed by atoms with van der Waals surface area (Å²) >= 11 is 0. The van der Waals surface area contributed by atoms with Crippen molar-refractivity contribution in [3.8, 4) is 5.75 Å². The number of unbranched alkanes of at least 4 members (excludes halogenated alkanes) is 9. The van der Waals surface area contributed by atoms with Crippen LogP contribution in [0.3, 0.4) is 0 Å². The summed E-state index contributed by atoms with van der Waals surface area (Å²) < 4.78 is 24.5. The highest BCUT2D eigenvalue weighted by Gasteiger charge is 2.38. The first kappa shape index (κ1) is 25.5. The van der Waals surface area contributed by atoms with E-state index in [2.05, 4.69) is 38.1 Å². The minimum atomic E-state index is -0.0406. The van der Waals surface area contributed by atoms with Gasteiger partial charge in [0.25, 0.3) is 0 Å². The Hall–Kier alpha value is -1.10. The van der Waals surface area contributed by atoms with Gasteiger partial charge in [-0.2, -0.15) is 0 Å².